The van der Waals surface area contributed by atoms with E-state index in [1.54, 1.807) is 18.2 Å². The van der Waals surface area contributed by atoms with Crippen molar-refractivity contribution in [2.24, 2.45) is 5.92 Å². The van der Waals surface area contributed by atoms with Crippen molar-refractivity contribution >= 4 is 29.0 Å². The summed E-state index contributed by atoms with van der Waals surface area (Å²) in [7, 11) is 2.97. The molecule has 0 aliphatic carbocycles. The lowest BCUT2D eigenvalue weighted by Gasteiger charge is -2.20. The number of anilines is 1. The number of ketones is 1. The molecule has 10 nitrogen and oxygen atoms in total. The van der Waals surface area contributed by atoms with Gasteiger partial charge in [-0.3, -0.25) is 24.5 Å². The van der Waals surface area contributed by atoms with E-state index in [9.17, 15) is 24.5 Å². The SMILES string of the molecule is COc1ccc(OC)c(N2C[C@@H](C(=O)OCC(=O)c3ccc([N+](=O)[O-])cc3)CC2=O)c1. The Kier molecular flexibility index (Phi) is 6.49. The van der Waals surface area contributed by atoms with E-state index in [0.717, 1.165) is 0 Å². The highest BCUT2D eigenvalue weighted by Gasteiger charge is 2.37. The second kappa shape index (κ2) is 9.24. The molecular weight excluding hydrogens is 408 g/mol. The molecule has 3 rings (SSSR count). The molecule has 1 amide bonds. The second-order valence-corrected chi connectivity index (χ2v) is 6.78. The third-order valence-electron chi connectivity index (χ3n) is 4.88. The number of Topliss-reactive ketones (excluding diaryl/α,β-unsaturated/α-hetero) is 1. The Morgan fingerprint density at radius 2 is 1.84 bits per heavy atom. The predicted molar refractivity (Wildman–Crippen MR) is 108 cm³/mol. The number of non-ortho nitro benzene ring substituents is 1. The molecule has 1 fully saturated rings. The fourth-order valence-electron chi connectivity index (χ4n) is 3.21. The molecule has 0 N–H and O–H groups in total. The molecule has 10 heteroatoms. The van der Waals surface area contributed by atoms with Gasteiger partial charge in [-0.2, -0.15) is 0 Å². The standard InChI is InChI=1S/C21H20N2O8/c1-29-16-7-8-19(30-2)17(10-16)22-11-14(9-20(22)25)21(26)31-12-18(24)13-3-5-15(6-4-13)23(27)28/h3-8,10,14H,9,11-12H2,1-2H3/t14-/m0/s1. The summed E-state index contributed by atoms with van der Waals surface area (Å²) in [4.78, 5) is 48.7. The molecule has 0 unspecified atom stereocenters. The van der Waals surface area contributed by atoms with Crippen LogP contribution in [-0.4, -0.2) is 50.0 Å². The van der Waals surface area contributed by atoms with Crippen LogP contribution < -0.4 is 14.4 Å². The summed E-state index contributed by atoms with van der Waals surface area (Å²) in [5, 5.41) is 10.7. The number of carbonyl (C=O) groups is 3. The molecule has 0 spiro atoms. The van der Waals surface area contributed by atoms with Gasteiger partial charge in [-0.05, 0) is 24.3 Å². The minimum absolute atomic E-state index is 0.0646. The molecule has 1 aliphatic heterocycles. The molecule has 1 atom stereocenters. The summed E-state index contributed by atoms with van der Waals surface area (Å²) in [6.07, 6.45) is -0.0646. The summed E-state index contributed by atoms with van der Waals surface area (Å²) < 4.78 is 15.6. The number of esters is 1. The molecule has 0 saturated carbocycles. The quantitative estimate of drug-likeness (QED) is 0.272. The van der Waals surface area contributed by atoms with Gasteiger partial charge in [-0.15, -0.1) is 0 Å². The third kappa shape index (κ3) is 4.80. The van der Waals surface area contributed by atoms with E-state index in [1.165, 1.54) is 43.4 Å². The van der Waals surface area contributed by atoms with E-state index in [1.807, 2.05) is 0 Å². The third-order valence-corrected chi connectivity index (χ3v) is 4.88. The molecule has 31 heavy (non-hydrogen) atoms. The Hall–Kier alpha value is -3.95. The van der Waals surface area contributed by atoms with Crippen LogP contribution in [0.3, 0.4) is 0 Å². The van der Waals surface area contributed by atoms with Crippen molar-refractivity contribution in [3.05, 3.63) is 58.1 Å². The number of methoxy groups -OCH3 is 2. The van der Waals surface area contributed by atoms with Crippen LogP contribution in [-0.2, 0) is 14.3 Å². The largest absolute Gasteiger partial charge is 0.497 e. The highest BCUT2D eigenvalue weighted by molar-refractivity contribution is 6.02. The number of benzene rings is 2. The zero-order chi connectivity index (χ0) is 22.5. The summed E-state index contributed by atoms with van der Waals surface area (Å²) >= 11 is 0. The number of nitro benzene ring substituents is 1. The van der Waals surface area contributed by atoms with Gasteiger partial charge in [-0.1, -0.05) is 0 Å². The van der Waals surface area contributed by atoms with Crippen LogP contribution in [0, 0.1) is 16.0 Å². The molecule has 2 aromatic rings. The lowest BCUT2D eigenvalue weighted by atomic mass is 10.1. The van der Waals surface area contributed by atoms with Gasteiger partial charge in [0, 0.05) is 36.7 Å². The number of nitrogens with zero attached hydrogens (tertiary/aromatic N) is 2. The fraction of sp³-hybridized carbons (Fsp3) is 0.286. The first-order valence-corrected chi connectivity index (χ1v) is 9.30. The van der Waals surface area contributed by atoms with Crippen molar-refractivity contribution in [2.45, 2.75) is 6.42 Å². The van der Waals surface area contributed by atoms with Crippen LogP contribution in [0.5, 0.6) is 11.5 Å². The fourth-order valence-corrected chi connectivity index (χ4v) is 3.21. The van der Waals surface area contributed by atoms with Crippen molar-refractivity contribution in [1.82, 2.24) is 0 Å². The van der Waals surface area contributed by atoms with Gasteiger partial charge >= 0.3 is 5.97 Å². The summed E-state index contributed by atoms with van der Waals surface area (Å²) in [6.45, 7) is -0.448. The molecule has 0 aromatic heterocycles. The van der Waals surface area contributed by atoms with Crippen molar-refractivity contribution in [3.8, 4) is 11.5 Å². The molecule has 0 radical (unpaired) electrons. The molecule has 1 aliphatic rings. The van der Waals surface area contributed by atoms with E-state index < -0.39 is 29.2 Å². The summed E-state index contributed by atoms with van der Waals surface area (Å²) in [6, 6.07) is 9.99. The van der Waals surface area contributed by atoms with Gasteiger partial charge in [0.2, 0.25) is 5.91 Å². The van der Waals surface area contributed by atoms with Crippen molar-refractivity contribution in [3.63, 3.8) is 0 Å². The lowest BCUT2D eigenvalue weighted by Crippen LogP contribution is -2.27. The number of amides is 1. The zero-order valence-electron chi connectivity index (χ0n) is 16.9. The van der Waals surface area contributed by atoms with Crippen LogP contribution in [0.1, 0.15) is 16.8 Å². The number of carbonyl (C=O) groups excluding carboxylic acids is 3. The topological polar surface area (TPSA) is 125 Å². The smallest absolute Gasteiger partial charge is 0.311 e. The molecule has 2 aromatic carbocycles. The Morgan fingerprint density at radius 1 is 1.13 bits per heavy atom. The Bertz CT molecular complexity index is 1020. The van der Waals surface area contributed by atoms with Crippen LogP contribution >= 0.6 is 0 Å². The molecule has 0 bridgehead atoms. The Morgan fingerprint density at radius 3 is 2.45 bits per heavy atom. The van der Waals surface area contributed by atoms with E-state index in [-0.39, 0.29) is 30.1 Å². The number of rotatable bonds is 8. The average molecular weight is 428 g/mol. The van der Waals surface area contributed by atoms with E-state index in [0.29, 0.717) is 17.2 Å². The average Bonchev–Trinajstić information content (AvgIpc) is 3.18. The summed E-state index contributed by atoms with van der Waals surface area (Å²) in [5.41, 5.74) is 0.513. The molecule has 1 heterocycles. The van der Waals surface area contributed by atoms with Crippen LogP contribution in [0.15, 0.2) is 42.5 Å². The normalized spacial score (nSPS) is 15.5. The van der Waals surface area contributed by atoms with Crippen molar-refractivity contribution < 1.29 is 33.5 Å². The van der Waals surface area contributed by atoms with Gasteiger partial charge in [-0.25, -0.2) is 0 Å². The Labute approximate surface area is 177 Å². The van der Waals surface area contributed by atoms with Gasteiger partial charge in [0.25, 0.3) is 5.69 Å². The van der Waals surface area contributed by atoms with Gasteiger partial charge in [0.05, 0.1) is 30.7 Å². The van der Waals surface area contributed by atoms with Gasteiger partial charge in [0.15, 0.2) is 12.4 Å². The highest BCUT2D eigenvalue weighted by Crippen LogP contribution is 2.36. The first-order chi connectivity index (χ1) is 14.8. The highest BCUT2D eigenvalue weighted by atomic mass is 16.6. The number of hydrogen-bond acceptors (Lipinski definition) is 8. The number of hydrogen-bond donors (Lipinski definition) is 0. The molecule has 1 saturated heterocycles. The maximum Gasteiger partial charge on any atom is 0.311 e. The van der Waals surface area contributed by atoms with E-state index in [4.69, 9.17) is 14.2 Å². The molecule has 162 valence electrons. The van der Waals surface area contributed by atoms with Crippen molar-refractivity contribution in [1.29, 1.82) is 0 Å². The predicted octanol–water partition coefficient (Wildman–Crippen LogP) is 2.39. The lowest BCUT2D eigenvalue weighted by molar-refractivity contribution is -0.384. The van der Waals surface area contributed by atoms with Gasteiger partial charge < -0.3 is 19.1 Å². The minimum Gasteiger partial charge on any atom is -0.497 e. The second-order valence-electron chi connectivity index (χ2n) is 6.78. The van der Waals surface area contributed by atoms with Gasteiger partial charge in [0.1, 0.15) is 11.5 Å². The first-order valence-electron chi connectivity index (χ1n) is 9.30. The number of ether oxygens (including phenoxy) is 3. The number of nitro groups is 1. The minimum atomic E-state index is -0.743. The molecular formula is C21H20N2O8. The maximum absolute atomic E-state index is 12.5. The van der Waals surface area contributed by atoms with Crippen molar-refractivity contribution in [2.75, 3.05) is 32.3 Å². The van der Waals surface area contributed by atoms with Crippen LogP contribution in [0.2, 0.25) is 0 Å². The van der Waals surface area contributed by atoms with E-state index >= 15 is 0 Å². The first kappa shape index (κ1) is 21.8. The zero-order valence-corrected chi connectivity index (χ0v) is 16.9. The van der Waals surface area contributed by atoms with Crippen LogP contribution in [0.25, 0.3) is 0 Å². The maximum atomic E-state index is 12.5. The summed E-state index contributed by atoms with van der Waals surface area (Å²) in [5.74, 6) is -1.21. The monoisotopic (exact) mass is 428 g/mol. The Balaban J connectivity index is 1.63. The van der Waals surface area contributed by atoms with E-state index in [2.05, 4.69) is 0 Å². The van der Waals surface area contributed by atoms with Crippen LogP contribution in [0.4, 0.5) is 11.4 Å².